The van der Waals surface area contributed by atoms with Crippen LogP contribution in [0, 0.1) is 39.4 Å². The van der Waals surface area contributed by atoms with Crippen LogP contribution in [0.1, 0.15) is 12.0 Å². The van der Waals surface area contributed by atoms with Gasteiger partial charge in [0.1, 0.15) is 11.5 Å². The van der Waals surface area contributed by atoms with Gasteiger partial charge in [0.25, 0.3) is 0 Å². The maximum atomic E-state index is 9.76. The molecule has 1 aromatic carbocycles. The maximum Gasteiger partial charge on any atom is 0.195 e. The van der Waals surface area contributed by atoms with E-state index in [9.17, 15) is 15.8 Å². The molecule has 4 nitrogen and oxygen atoms in total. The predicted octanol–water partition coefficient (Wildman–Crippen LogP) is 2.46. The van der Waals surface area contributed by atoms with Gasteiger partial charge in [-0.25, -0.2) is 0 Å². The molecule has 0 heterocycles. The zero-order chi connectivity index (χ0) is 14.6. The van der Waals surface area contributed by atoms with Gasteiger partial charge in [-0.3, -0.25) is 0 Å². The van der Waals surface area contributed by atoms with Crippen molar-refractivity contribution in [3.05, 3.63) is 48.0 Å². The number of allylic oxidation sites excluding steroid dienone is 1. The summed E-state index contributed by atoms with van der Waals surface area (Å²) in [5.41, 5.74) is -2.13. The van der Waals surface area contributed by atoms with Gasteiger partial charge in [0.2, 0.25) is 0 Å². The van der Waals surface area contributed by atoms with Crippen LogP contribution in [0.2, 0.25) is 0 Å². The van der Waals surface area contributed by atoms with Crippen molar-refractivity contribution in [2.24, 2.45) is 5.41 Å². The number of methoxy groups -OCH3 is 1. The molecule has 20 heavy (non-hydrogen) atoms. The topological polar surface area (TPSA) is 80.6 Å². The molecule has 0 amide bonds. The lowest BCUT2D eigenvalue weighted by Gasteiger charge is -2.42. The molecule has 0 saturated heterocycles. The molecular formula is C16H13N3O. The highest BCUT2D eigenvalue weighted by molar-refractivity contribution is 5.48. The van der Waals surface area contributed by atoms with Gasteiger partial charge in [-0.05, 0) is 12.0 Å². The van der Waals surface area contributed by atoms with Crippen LogP contribution in [-0.2, 0) is 10.2 Å². The molecule has 1 aromatic rings. The van der Waals surface area contributed by atoms with E-state index in [1.807, 2.05) is 18.2 Å². The van der Waals surface area contributed by atoms with E-state index < -0.39 is 16.9 Å². The minimum Gasteiger partial charge on any atom is -0.375 e. The highest BCUT2D eigenvalue weighted by atomic mass is 16.5. The lowest BCUT2D eigenvalue weighted by atomic mass is 9.55. The summed E-state index contributed by atoms with van der Waals surface area (Å²) in [6.07, 6.45) is 3.07. The fourth-order valence-electron chi connectivity index (χ4n) is 2.78. The van der Waals surface area contributed by atoms with Gasteiger partial charge in [0, 0.05) is 7.11 Å². The number of hydrogen-bond acceptors (Lipinski definition) is 4. The zero-order valence-corrected chi connectivity index (χ0v) is 11.1. The van der Waals surface area contributed by atoms with Crippen molar-refractivity contribution in [2.45, 2.75) is 17.9 Å². The van der Waals surface area contributed by atoms with Crippen LogP contribution >= 0.6 is 0 Å². The molecule has 2 rings (SSSR count). The molecule has 4 heteroatoms. The van der Waals surface area contributed by atoms with Crippen molar-refractivity contribution in [3.63, 3.8) is 0 Å². The van der Waals surface area contributed by atoms with E-state index in [1.54, 1.807) is 36.4 Å². The van der Waals surface area contributed by atoms with Gasteiger partial charge in [0.05, 0.1) is 18.2 Å². The number of hydrogen-bond donors (Lipinski definition) is 0. The summed E-state index contributed by atoms with van der Waals surface area (Å²) in [5.74, 6) is 0. The summed E-state index contributed by atoms with van der Waals surface area (Å²) < 4.78 is 5.28. The fourth-order valence-corrected chi connectivity index (χ4v) is 2.78. The summed E-state index contributed by atoms with van der Waals surface area (Å²) in [4.78, 5) is 0. The Hall–Kier alpha value is -2.61. The van der Waals surface area contributed by atoms with E-state index in [0.717, 1.165) is 0 Å². The second kappa shape index (κ2) is 5.17. The van der Waals surface area contributed by atoms with Gasteiger partial charge in [0.15, 0.2) is 5.41 Å². The highest BCUT2D eigenvalue weighted by Gasteiger charge is 2.60. The standard InChI is InChI=1S/C16H13N3O/c1-20-14-8-5-9-15(10-17,16(14,11-18)12-19)13-6-3-2-4-7-13/h2-8,14H,9H2,1H3/t14-,15+/m1/s1. The van der Waals surface area contributed by atoms with Crippen molar-refractivity contribution >= 4 is 0 Å². The van der Waals surface area contributed by atoms with Crippen molar-refractivity contribution in [2.75, 3.05) is 7.11 Å². The molecule has 0 aliphatic heterocycles. The van der Waals surface area contributed by atoms with E-state index in [4.69, 9.17) is 4.74 Å². The van der Waals surface area contributed by atoms with Gasteiger partial charge in [-0.1, -0.05) is 42.5 Å². The fraction of sp³-hybridized carbons (Fsp3) is 0.312. The first-order valence-corrected chi connectivity index (χ1v) is 6.19. The average Bonchev–Trinajstić information content (AvgIpc) is 2.54. The maximum absolute atomic E-state index is 9.76. The molecule has 0 bridgehead atoms. The SMILES string of the molecule is CO[C@@H]1C=CC[C@](C#N)(c2ccccc2)C1(C#N)C#N. The molecule has 1 aliphatic carbocycles. The third kappa shape index (κ3) is 1.62. The monoisotopic (exact) mass is 263 g/mol. The third-order valence-corrected chi connectivity index (χ3v) is 3.90. The van der Waals surface area contributed by atoms with Crippen molar-refractivity contribution in [3.8, 4) is 18.2 Å². The molecule has 0 spiro atoms. The Labute approximate surface area is 118 Å². The van der Waals surface area contributed by atoms with Crippen molar-refractivity contribution in [1.29, 1.82) is 15.8 Å². The first kappa shape index (κ1) is 13.8. The van der Waals surface area contributed by atoms with Crippen LogP contribution in [0.25, 0.3) is 0 Å². The lowest BCUT2D eigenvalue weighted by molar-refractivity contribution is 0.0446. The van der Waals surface area contributed by atoms with Crippen LogP contribution < -0.4 is 0 Å². The molecule has 0 radical (unpaired) electrons. The number of rotatable bonds is 2. The van der Waals surface area contributed by atoms with Gasteiger partial charge in [-0.15, -0.1) is 0 Å². The lowest BCUT2D eigenvalue weighted by Crippen LogP contribution is -2.52. The molecular weight excluding hydrogens is 250 g/mol. The van der Waals surface area contributed by atoms with Gasteiger partial charge < -0.3 is 4.74 Å². The predicted molar refractivity (Wildman–Crippen MR) is 71.9 cm³/mol. The van der Waals surface area contributed by atoms with Crippen LogP contribution in [0.15, 0.2) is 42.5 Å². The number of benzene rings is 1. The Kier molecular flexibility index (Phi) is 3.57. The summed E-state index contributed by atoms with van der Waals surface area (Å²) in [5, 5.41) is 29.0. The largest absolute Gasteiger partial charge is 0.375 e. The summed E-state index contributed by atoms with van der Waals surface area (Å²) >= 11 is 0. The molecule has 1 aliphatic rings. The van der Waals surface area contributed by atoms with E-state index >= 15 is 0 Å². The molecule has 0 unspecified atom stereocenters. The Morgan fingerprint density at radius 1 is 1.10 bits per heavy atom. The van der Waals surface area contributed by atoms with Gasteiger partial charge in [-0.2, -0.15) is 15.8 Å². The molecule has 0 fully saturated rings. The van der Waals surface area contributed by atoms with E-state index in [1.165, 1.54) is 7.11 Å². The number of nitrogens with zero attached hydrogens (tertiary/aromatic N) is 3. The molecule has 98 valence electrons. The quantitative estimate of drug-likeness (QED) is 0.767. The summed E-state index contributed by atoms with van der Waals surface area (Å²) in [7, 11) is 1.44. The van der Waals surface area contributed by atoms with Crippen LogP contribution in [-0.4, -0.2) is 13.2 Å². The number of ether oxygens (including phenoxy) is 1. The zero-order valence-electron chi connectivity index (χ0n) is 11.1. The van der Waals surface area contributed by atoms with Crippen LogP contribution in [0.5, 0.6) is 0 Å². The number of nitriles is 3. The first-order chi connectivity index (χ1) is 9.70. The van der Waals surface area contributed by atoms with E-state index in [-0.39, 0.29) is 0 Å². The molecule has 0 aromatic heterocycles. The Morgan fingerprint density at radius 3 is 2.25 bits per heavy atom. The Morgan fingerprint density at radius 2 is 1.75 bits per heavy atom. The Bertz CT molecular complexity index is 631. The minimum absolute atomic E-state index is 0.314. The second-order valence-corrected chi connectivity index (χ2v) is 4.70. The van der Waals surface area contributed by atoms with Gasteiger partial charge >= 0.3 is 0 Å². The second-order valence-electron chi connectivity index (χ2n) is 4.70. The van der Waals surface area contributed by atoms with E-state index in [0.29, 0.717) is 12.0 Å². The van der Waals surface area contributed by atoms with Crippen LogP contribution in [0.3, 0.4) is 0 Å². The summed E-state index contributed by atoms with van der Waals surface area (Å²) in [6, 6.07) is 15.3. The van der Waals surface area contributed by atoms with Crippen LogP contribution in [0.4, 0.5) is 0 Å². The van der Waals surface area contributed by atoms with E-state index in [2.05, 4.69) is 6.07 Å². The first-order valence-electron chi connectivity index (χ1n) is 6.19. The average molecular weight is 263 g/mol. The molecule has 2 atom stereocenters. The van der Waals surface area contributed by atoms with Crippen molar-refractivity contribution in [1.82, 2.24) is 0 Å². The highest BCUT2D eigenvalue weighted by Crippen LogP contribution is 2.50. The summed E-state index contributed by atoms with van der Waals surface area (Å²) in [6.45, 7) is 0. The van der Waals surface area contributed by atoms with Crippen molar-refractivity contribution < 1.29 is 4.74 Å². The smallest absolute Gasteiger partial charge is 0.195 e. The molecule has 0 N–H and O–H groups in total. The normalized spacial score (nSPS) is 27.0. The Balaban J connectivity index is 2.76. The third-order valence-electron chi connectivity index (χ3n) is 3.90. The molecule has 0 saturated carbocycles. The minimum atomic E-state index is -1.56.